The molecule has 0 bridgehead atoms. The Bertz CT molecular complexity index is 677. The van der Waals surface area contributed by atoms with Gasteiger partial charge in [0, 0.05) is 5.41 Å². The van der Waals surface area contributed by atoms with Gasteiger partial charge in [0.2, 0.25) is 0 Å². The van der Waals surface area contributed by atoms with Gasteiger partial charge < -0.3 is 10.2 Å². The Balaban J connectivity index is 2.23. The van der Waals surface area contributed by atoms with Crippen molar-refractivity contribution < 1.29 is 10.2 Å². The topological polar surface area (TPSA) is 40.5 Å². The number of phenols is 2. The maximum atomic E-state index is 9.87. The first-order valence-electron chi connectivity index (χ1n) is 7.72. The molecule has 0 saturated heterocycles. The number of hydrogen-bond donors (Lipinski definition) is 2. The fraction of sp³-hybridized carbons (Fsp3) is 0.333. The SMILES string of the molecule is Oc1c(Cl)cc(C2(c3cc(Cl)c(O)c(Cl)c3)CCCCC2)cc1Cl. The average Bonchev–Trinajstić information content (AvgIpc) is 2.57. The van der Waals surface area contributed by atoms with E-state index >= 15 is 0 Å². The molecule has 1 saturated carbocycles. The quantitative estimate of drug-likeness (QED) is 0.566. The number of hydrogen-bond acceptors (Lipinski definition) is 2. The zero-order chi connectivity index (χ0) is 17.5. The van der Waals surface area contributed by atoms with Gasteiger partial charge in [-0.25, -0.2) is 0 Å². The lowest BCUT2D eigenvalue weighted by Gasteiger charge is -2.39. The highest BCUT2D eigenvalue weighted by atomic mass is 35.5. The molecule has 1 aliphatic carbocycles. The van der Waals surface area contributed by atoms with Crippen LogP contribution in [-0.2, 0) is 5.41 Å². The Morgan fingerprint density at radius 2 is 0.958 bits per heavy atom. The monoisotopic (exact) mass is 404 g/mol. The Hall–Kier alpha value is -0.800. The molecular weight excluding hydrogens is 390 g/mol. The van der Waals surface area contributed by atoms with E-state index in [9.17, 15) is 10.2 Å². The van der Waals surface area contributed by atoms with Crippen molar-refractivity contribution in [2.75, 3.05) is 0 Å². The van der Waals surface area contributed by atoms with Crippen molar-refractivity contribution in [1.82, 2.24) is 0 Å². The molecule has 0 spiro atoms. The normalized spacial score (nSPS) is 17.0. The molecule has 2 aromatic carbocycles. The van der Waals surface area contributed by atoms with E-state index in [1.165, 1.54) is 0 Å². The summed E-state index contributed by atoms with van der Waals surface area (Å²) in [5.41, 5.74) is 1.50. The Morgan fingerprint density at radius 3 is 1.29 bits per heavy atom. The molecule has 0 atom stereocenters. The lowest BCUT2D eigenvalue weighted by molar-refractivity contribution is 0.345. The second-order valence-electron chi connectivity index (χ2n) is 6.22. The highest BCUT2D eigenvalue weighted by Gasteiger charge is 2.37. The molecule has 128 valence electrons. The van der Waals surface area contributed by atoms with Crippen LogP contribution in [0.4, 0.5) is 0 Å². The van der Waals surface area contributed by atoms with Crippen molar-refractivity contribution in [2.45, 2.75) is 37.5 Å². The summed E-state index contributed by atoms with van der Waals surface area (Å²) in [5.74, 6) is -0.232. The van der Waals surface area contributed by atoms with Crippen LogP contribution in [0.3, 0.4) is 0 Å². The number of halogens is 4. The molecule has 24 heavy (non-hydrogen) atoms. The molecule has 2 aromatic rings. The number of benzene rings is 2. The van der Waals surface area contributed by atoms with Crippen LogP contribution in [-0.4, -0.2) is 10.2 Å². The Morgan fingerprint density at radius 1 is 0.625 bits per heavy atom. The van der Waals surface area contributed by atoms with Gasteiger partial charge in [-0.2, -0.15) is 0 Å². The number of phenolic OH excluding ortho intramolecular Hbond substituents is 2. The van der Waals surface area contributed by atoms with Crippen LogP contribution < -0.4 is 0 Å². The highest BCUT2D eigenvalue weighted by molar-refractivity contribution is 6.37. The van der Waals surface area contributed by atoms with Crippen LogP contribution in [0.1, 0.15) is 43.2 Å². The molecule has 1 aliphatic rings. The van der Waals surface area contributed by atoms with E-state index in [4.69, 9.17) is 46.4 Å². The average molecular weight is 406 g/mol. The van der Waals surface area contributed by atoms with Gasteiger partial charge in [0.25, 0.3) is 0 Å². The predicted molar refractivity (Wildman–Crippen MR) is 100 cm³/mol. The molecule has 0 heterocycles. The first-order valence-corrected chi connectivity index (χ1v) is 9.23. The molecule has 1 fully saturated rings. The summed E-state index contributed by atoms with van der Waals surface area (Å²) in [5, 5.41) is 20.6. The van der Waals surface area contributed by atoms with Gasteiger partial charge in [0.1, 0.15) is 0 Å². The molecule has 2 N–H and O–H groups in total. The first-order chi connectivity index (χ1) is 11.3. The van der Waals surface area contributed by atoms with Crippen LogP contribution in [0, 0.1) is 0 Å². The van der Waals surface area contributed by atoms with Gasteiger partial charge in [-0.3, -0.25) is 0 Å². The summed E-state index contributed by atoms with van der Waals surface area (Å²) in [6.45, 7) is 0. The van der Waals surface area contributed by atoms with Crippen LogP contribution in [0.2, 0.25) is 20.1 Å². The van der Waals surface area contributed by atoms with E-state index in [-0.39, 0.29) is 37.0 Å². The van der Waals surface area contributed by atoms with Crippen molar-refractivity contribution in [3.05, 3.63) is 55.5 Å². The third-order valence-electron chi connectivity index (χ3n) is 4.85. The molecular formula is C18H16Cl4O2. The summed E-state index contributed by atoms with van der Waals surface area (Å²) in [7, 11) is 0. The van der Waals surface area contributed by atoms with Crippen molar-refractivity contribution in [1.29, 1.82) is 0 Å². The van der Waals surface area contributed by atoms with Gasteiger partial charge >= 0.3 is 0 Å². The Labute approximate surface area is 160 Å². The predicted octanol–water partition coefficient (Wildman–Crippen LogP) is 6.96. The minimum Gasteiger partial charge on any atom is -0.505 e. The smallest absolute Gasteiger partial charge is 0.152 e. The molecule has 2 nitrogen and oxygen atoms in total. The minimum atomic E-state index is -0.347. The van der Waals surface area contributed by atoms with E-state index in [1.54, 1.807) is 24.3 Å². The molecule has 0 aromatic heterocycles. The number of rotatable bonds is 2. The maximum Gasteiger partial charge on any atom is 0.152 e. The summed E-state index contributed by atoms with van der Waals surface area (Å²) in [6, 6.07) is 7.01. The van der Waals surface area contributed by atoms with Crippen LogP contribution in [0.5, 0.6) is 11.5 Å². The second-order valence-corrected chi connectivity index (χ2v) is 7.85. The lowest BCUT2D eigenvalue weighted by atomic mass is 9.65. The summed E-state index contributed by atoms with van der Waals surface area (Å²) < 4.78 is 0. The van der Waals surface area contributed by atoms with Crippen molar-refractivity contribution in [2.24, 2.45) is 0 Å². The van der Waals surface area contributed by atoms with E-state index in [1.807, 2.05) is 0 Å². The molecule has 0 amide bonds. The molecule has 6 heteroatoms. The third-order valence-corrected chi connectivity index (χ3v) is 6.00. The molecule has 0 radical (unpaired) electrons. The highest BCUT2D eigenvalue weighted by Crippen LogP contribution is 2.49. The van der Waals surface area contributed by atoms with Crippen molar-refractivity contribution in [3.63, 3.8) is 0 Å². The Kier molecular flexibility index (Phi) is 5.13. The van der Waals surface area contributed by atoms with Gasteiger partial charge in [-0.15, -0.1) is 0 Å². The fourth-order valence-corrected chi connectivity index (χ4v) is 4.56. The van der Waals surface area contributed by atoms with Crippen LogP contribution >= 0.6 is 46.4 Å². The standard InChI is InChI=1S/C18H16Cl4O2/c19-12-6-10(7-13(20)16(12)23)18(4-2-1-3-5-18)11-8-14(21)17(24)15(22)9-11/h6-9,23-24H,1-5H2. The second kappa shape index (κ2) is 6.84. The fourth-order valence-electron chi connectivity index (χ4n) is 3.58. The maximum absolute atomic E-state index is 9.87. The largest absolute Gasteiger partial charge is 0.505 e. The summed E-state index contributed by atoms with van der Waals surface area (Å²) in [4.78, 5) is 0. The zero-order valence-electron chi connectivity index (χ0n) is 12.8. The minimum absolute atomic E-state index is 0.116. The lowest BCUT2D eigenvalue weighted by Crippen LogP contribution is -2.30. The van der Waals surface area contributed by atoms with Crippen molar-refractivity contribution in [3.8, 4) is 11.5 Å². The molecule has 0 aliphatic heterocycles. The van der Waals surface area contributed by atoms with Gasteiger partial charge in [-0.1, -0.05) is 65.7 Å². The molecule has 3 rings (SSSR count). The molecule has 0 unspecified atom stereocenters. The van der Waals surface area contributed by atoms with Gasteiger partial charge in [-0.05, 0) is 48.2 Å². The summed E-state index contributed by atoms with van der Waals surface area (Å²) in [6.07, 6.45) is 5.03. The van der Waals surface area contributed by atoms with E-state index in [2.05, 4.69) is 0 Å². The van der Waals surface area contributed by atoms with Gasteiger partial charge in [0.15, 0.2) is 11.5 Å². The summed E-state index contributed by atoms with van der Waals surface area (Å²) >= 11 is 24.6. The zero-order valence-corrected chi connectivity index (χ0v) is 15.8. The number of aromatic hydroxyl groups is 2. The van der Waals surface area contributed by atoms with E-state index in [0.717, 1.165) is 43.2 Å². The van der Waals surface area contributed by atoms with E-state index < -0.39 is 0 Å². The third kappa shape index (κ3) is 3.06. The van der Waals surface area contributed by atoms with Crippen molar-refractivity contribution >= 4 is 46.4 Å². The first kappa shape index (κ1) is 18.0. The van der Waals surface area contributed by atoms with Crippen LogP contribution in [0.15, 0.2) is 24.3 Å². The van der Waals surface area contributed by atoms with Gasteiger partial charge in [0.05, 0.1) is 20.1 Å². The van der Waals surface area contributed by atoms with E-state index in [0.29, 0.717) is 0 Å². The van der Waals surface area contributed by atoms with Crippen LogP contribution in [0.25, 0.3) is 0 Å².